The monoisotopic (exact) mass is 1280 g/mol. The Hall–Kier alpha value is -9.72. The molecule has 0 spiro atoms. The van der Waals surface area contributed by atoms with Crippen molar-refractivity contribution in [2.75, 3.05) is 50.4 Å². The van der Waals surface area contributed by atoms with Gasteiger partial charge in [-0.2, -0.15) is 9.15 Å². The minimum Gasteiger partial charge on any atom is -0.506 e. The van der Waals surface area contributed by atoms with Gasteiger partial charge in [0, 0.05) is 96.2 Å². The first-order valence-electron chi connectivity index (χ1n) is 33.8. The maximum absolute atomic E-state index is 13.8. The van der Waals surface area contributed by atoms with Crippen LogP contribution in [0.25, 0.3) is 11.1 Å². The van der Waals surface area contributed by atoms with Crippen LogP contribution in [-0.2, 0) is 14.3 Å². The summed E-state index contributed by atoms with van der Waals surface area (Å²) in [6, 6.07) is 48.9. The average Bonchev–Trinajstić information content (AvgIpc) is 0.758. The van der Waals surface area contributed by atoms with Crippen LogP contribution in [0.4, 0.5) is 34.1 Å². The van der Waals surface area contributed by atoms with Crippen LogP contribution in [-0.4, -0.2) is 107 Å². The van der Waals surface area contributed by atoms with Crippen molar-refractivity contribution < 1.29 is 52.6 Å². The largest absolute Gasteiger partial charge is 0.506 e. The summed E-state index contributed by atoms with van der Waals surface area (Å²) in [5, 5.41) is 22.8. The van der Waals surface area contributed by atoms with Crippen molar-refractivity contribution in [1.82, 2.24) is 0 Å². The van der Waals surface area contributed by atoms with Gasteiger partial charge in [-0.25, -0.2) is 0 Å². The predicted octanol–water partition coefficient (Wildman–Crippen LogP) is 18.3. The Balaban J connectivity index is 0.712. The molecular weight excluding hydrogens is 1180 g/mol. The summed E-state index contributed by atoms with van der Waals surface area (Å²) in [5.41, 5.74) is 12.2. The normalized spacial score (nSPS) is 15.6. The molecule has 2 N–H and O–H groups in total. The van der Waals surface area contributed by atoms with Crippen LogP contribution in [0.15, 0.2) is 228 Å². The van der Waals surface area contributed by atoms with E-state index in [0.717, 1.165) is 120 Å². The molecule has 4 aliphatic rings. The van der Waals surface area contributed by atoms with Crippen molar-refractivity contribution in [3.05, 3.63) is 239 Å². The Labute approximate surface area is 561 Å². The lowest BCUT2D eigenvalue weighted by Gasteiger charge is -2.32. The van der Waals surface area contributed by atoms with Gasteiger partial charge < -0.3 is 43.7 Å². The van der Waals surface area contributed by atoms with Crippen molar-refractivity contribution in [3.8, 4) is 23.0 Å². The lowest BCUT2D eigenvalue weighted by Crippen LogP contribution is -2.28. The van der Waals surface area contributed by atoms with Gasteiger partial charge >= 0.3 is 0 Å². The van der Waals surface area contributed by atoms with E-state index in [4.69, 9.17) is 23.7 Å². The number of ketones is 2. The van der Waals surface area contributed by atoms with E-state index in [0.29, 0.717) is 71.0 Å². The molecule has 492 valence electrons. The molecule has 4 atom stereocenters. The summed E-state index contributed by atoms with van der Waals surface area (Å²) in [5.74, 6) is 2.76. The van der Waals surface area contributed by atoms with E-state index < -0.39 is 0 Å². The number of hydrogen-bond acceptors (Lipinski definition) is 11. The van der Waals surface area contributed by atoms with Crippen molar-refractivity contribution in [1.29, 1.82) is 0 Å². The van der Waals surface area contributed by atoms with Crippen LogP contribution in [0, 0.1) is 0 Å². The molecule has 0 radical (unpaired) electrons. The van der Waals surface area contributed by atoms with E-state index in [1.807, 2.05) is 146 Å². The van der Waals surface area contributed by atoms with Crippen LogP contribution >= 0.6 is 0 Å². The molecular formula is C82H92N4O9+2. The molecule has 0 heterocycles. The number of benzene rings is 6. The molecule has 0 aliphatic heterocycles. The Bertz CT molecular complexity index is 3730. The number of carbonyl (C=O) groups is 2. The molecule has 4 unspecified atom stereocenters. The number of anilines is 4. The minimum absolute atomic E-state index is 0.0156. The number of nitrogens with zero attached hydrogens (tertiary/aromatic N) is 4. The summed E-state index contributed by atoms with van der Waals surface area (Å²) in [6.45, 7) is 19.2. The van der Waals surface area contributed by atoms with E-state index in [1.54, 1.807) is 14.2 Å². The second-order valence-electron chi connectivity index (χ2n) is 24.8. The maximum atomic E-state index is 13.8. The molecule has 13 nitrogen and oxygen atoms in total. The molecule has 10 rings (SSSR count). The molecule has 0 saturated heterocycles. The maximum Gasteiger partial charge on any atom is 0.206 e. The molecule has 4 aliphatic carbocycles. The second-order valence-corrected chi connectivity index (χ2v) is 24.8. The number of methoxy groups -OCH3 is 2. The Kier molecular flexibility index (Phi) is 22.9. The summed E-state index contributed by atoms with van der Waals surface area (Å²) >= 11 is 0. The summed E-state index contributed by atoms with van der Waals surface area (Å²) in [4.78, 5) is 32.2. The quantitative estimate of drug-likeness (QED) is 0.0254. The summed E-state index contributed by atoms with van der Waals surface area (Å²) in [6.07, 6.45) is 23.8. The summed E-state index contributed by atoms with van der Waals surface area (Å²) in [7, 11) is 3.33. The number of allylic oxidation sites excluding steroid dienone is 14. The van der Waals surface area contributed by atoms with Gasteiger partial charge in [-0.05, 0) is 197 Å². The average molecular weight is 1280 g/mol. The van der Waals surface area contributed by atoms with Crippen LogP contribution in [0.5, 0.6) is 23.0 Å². The van der Waals surface area contributed by atoms with Gasteiger partial charge in [-0.3, -0.25) is 9.59 Å². The van der Waals surface area contributed by atoms with Crippen molar-refractivity contribution in [2.45, 2.75) is 131 Å². The van der Waals surface area contributed by atoms with E-state index in [9.17, 15) is 19.8 Å². The van der Waals surface area contributed by atoms with Crippen molar-refractivity contribution in [2.24, 2.45) is 0 Å². The fraction of sp³-hybridized carbons (Fsp3) is 0.317. The molecule has 0 aromatic heterocycles. The van der Waals surface area contributed by atoms with Gasteiger partial charge in [-0.1, -0.05) is 64.8 Å². The molecule has 0 amide bonds. The first kappa shape index (κ1) is 68.1. The molecule has 0 bridgehead atoms. The van der Waals surface area contributed by atoms with Crippen LogP contribution in [0.1, 0.15) is 118 Å². The predicted molar refractivity (Wildman–Crippen MR) is 385 cm³/mol. The number of aliphatic hydroxyl groups excluding tert-OH is 2. The summed E-state index contributed by atoms with van der Waals surface area (Å²) < 4.78 is 33.6. The highest BCUT2D eigenvalue weighted by molar-refractivity contribution is 6.40. The minimum atomic E-state index is -0.172. The van der Waals surface area contributed by atoms with Gasteiger partial charge in [0.2, 0.25) is 34.4 Å². The highest BCUT2D eigenvalue weighted by Gasteiger charge is 2.39. The van der Waals surface area contributed by atoms with Gasteiger partial charge in [0.25, 0.3) is 0 Å². The Morgan fingerprint density at radius 2 is 0.684 bits per heavy atom. The van der Waals surface area contributed by atoms with Gasteiger partial charge in [-0.15, -0.1) is 0 Å². The topological polar surface area (TPSA) is 133 Å². The molecule has 0 fully saturated rings. The number of carbonyl (C=O) groups excluding carboxylic acids is 2. The number of ether oxygens (including phenoxy) is 5. The van der Waals surface area contributed by atoms with E-state index in [2.05, 4.69) is 123 Å². The van der Waals surface area contributed by atoms with Crippen LogP contribution in [0.3, 0.4) is 0 Å². The molecule has 95 heavy (non-hydrogen) atoms. The van der Waals surface area contributed by atoms with Crippen molar-refractivity contribution in [3.63, 3.8) is 0 Å². The standard InChI is InChI=1S/C82H90N4O9/c1-11-15-55(5)83(67-35-43-71(91-9)44-36-67)63-27-19-59(20-28-63)75-79(87)77(80(75)88)61-23-31-65(32-24-61)85(57(7)17-13-3)69-39-47-73(48-40-69)94-53-51-93-52-54-95-74-49-41-70(42-50-74)86(58(8)18-14-4)66-33-25-62(26-34-66)78-81(89)76(82(78)90)60-21-29-64(30-22-60)84(56(6)16-12-2)68-37-45-72(92-10)46-38-68/h19-50,55-58H,11-18,51-54H2,1-10H3/p+2. The third-order valence-electron chi connectivity index (χ3n) is 18.1. The number of Topliss-reactive ketones (excluding diaryl/α,β-unsaturated/α-hetero) is 2. The SMILES string of the molecule is CCCC(C)N(c1ccc(OC)cc1)c1ccc(C2=C(O)C(=C3C=CC(=[N+](c4ccc(OCCOCCOc5ccc([N+](=C6C=CC(=C7C(=O)C(c8ccc(N(c9ccc(OC)cc9)C(C)CCC)cc8)=C7O)C=C6)C(C)CCC)cc5)cc4)C(C)CCC)C=C3)C2=O)cc1. The Morgan fingerprint density at radius 1 is 0.379 bits per heavy atom. The van der Waals surface area contributed by atoms with E-state index in [-0.39, 0.29) is 47.3 Å². The molecule has 0 saturated carbocycles. The molecule has 13 heteroatoms. The second kappa shape index (κ2) is 31.9. The zero-order valence-electron chi connectivity index (χ0n) is 56.8. The lowest BCUT2D eigenvalue weighted by molar-refractivity contribution is -0.480. The van der Waals surface area contributed by atoms with Crippen LogP contribution < -0.4 is 28.7 Å². The number of hydrogen-bond donors (Lipinski definition) is 2. The first-order valence-corrected chi connectivity index (χ1v) is 33.8. The highest BCUT2D eigenvalue weighted by Crippen LogP contribution is 2.43. The number of rotatable bonds is 30. The smallest absolute Gasteiger partial charge is 0.206 e. The lowest BCUT2D eigenvalue weighted by atomic mass is 9.80. The van der Waals surface area contributed by atoms with Crippen LogP contribution in [0.2, 0.25) is 0 Å². The van der Waals surface area contributed by atoms with Crippen molar-refractivity contribution >= 4 is 68.3 Å². The fourth-order valence-electron chi connectivity index (χ4n) is 13.3. The zero-order valence-corrected chi connectivity index (χ0v) is 56.8. The molecule has 6 aromatic carbocycles. The van der Waals surface area contributed by atoms with E-state index in [1.165, 1.54) is 0 Å². The third-order valence-corrected chi connectivity index (χ3v) is 18.1. The fourth-order valence-corrected chi connectivity index (χ4v) is 13.3. The van der Waals surface area contributed by atoms with Gasteiger partial charge in [0.15, 0.2) is 12.1 Å². The third kappa shape index (κ3) is 15.4. The first-order chi connectivity index (χ1) is 46.2. The number of aliphatic hydroxyl groups is 2. The molecule has 6 aromatic rings. The highest BCUT2D eigenvalue weighted by atomic mass is 16.5. The Morgan fingerprint density at radius 3 is 0.979 bits per heavy atom. The zero-order chi connectivity index (χ0) is 67.1. The van der Waals surface area contributed by atoms with Gasteiger partial charge in [0.1, 0.15) is 47.7 Å². The van der Waals surface area contributed by atoms with E-state index >= 15 is 0 Å². The van der Waals surface area contributed by atoms with Gasteiger partial charge in [0.05, 0.1) is 49.7 Å².